The van der Waals surface area contributed by atoms with Crippen molar-refractivity contribution in [2.75, 3.05) is 11.9 Å². The number of hydrogen-bond donors (Lipinski definition) is 2. The molecule has 4 nitrogen and oxygen atoms in total. The largest absolute Gasteiger partial charge is 0.493 e. The number of nitrogens with one attached hydrogen (secondary N) is 2. The van der Waals surface area contributed by atoms with Crippen molar-refractivity contribution in [3.8, 4) is 5.75 Å². The number of rotatable bonds is 4. The Hall–Kier alpha value is -2.49. The summed E-state index contributed by atoms with van der Waals surface area (Å²) in [5.41, 5.74) is 2.53. The minimum Gasteiger partial charge on any atom is -0.493 e. The summed E-state index contributed by atoms with van der Waals surface area (Å²) in [5.74, 6) is 1.29. The molecule has 0 radical (unpaired) electrons. The molecule has 2 N–H and O–H groups in total. The summed E-state index contributed by atoms with van der Waals surface area (Å²) in [5, 5.41) is 6.31. The molecule has 114 valence electrons. The number of amides is 1. The number of carbonyl (C=O) groups is 1. The van der Waals surface area contributed by atoms with Crippen LogP contribution in [0.5, 0.6) is 5.75 Å². The lowest BCUT2D eigenvalue weighted by Crippen LogP contribution is -2.38. The standard InChI is InChI=1S/C18H20N2O2/c1-12(2)11-22-14-9-7-13(8-10-14)17-19-16-6-4-3-5-15(16)18(21)20-17/h3-10,12,17,19H,11H2,1-2H3,(H,20,21). The van der Waals surface area contributed by atoms with Crippen molar-refractivity contribution in [2.24, 2.45) is 5.92 Å². The predicted molar refractivity (Wildman–Crippen MR) is 87.0 cm³/mol. The molecule has 1 amide bonds. The lowest BCUT2D eigenvalue weighted by molar-refractivity contribution is 0.0935. The Morgan fingerprint density at radius 2 is 1.77 bits per heavy atom. The second-order valence-corrected chi connectivity index (χ2v) is 5.87. The quantitative estimate of drug-likeness (QED) is 0.906. The summed E-state index contributed by atoms with van der Waals surface area (Å²) in [6.45, 7) is 4.94. The third-order valence-electron chi connectivity index (χ3n) is 3.54. The molecule has 1 unspecified atom stereocenters. The van der Waals surface area contributed by atoms with Gasteiger partial charge in [0.25, 0.3) is 5.91 Å². The van der Waals surface area contributed by atoms with Gasteiger partial charge in [-0.25, -0.2) is 0 Å². The first kappa shape index (κ1) is 14.4. The smallest absolute Gasteiger partial charge is 0.255 e. The van der Waals surface area contributed by atoms with E-state index in [-0.39, 0.29) is 12.1 Å². The normalized spacial score (nSPS) is 16.7. The first-order valence-corrected chi connectivity index (χ1v) is 7.52. The van der Waals surface area contributed by atoms with Crippen molar-refractivity contribution in [3.63, 3.8) is 0 Å². The molecular formula is C18H20N2O2. The van der Waals surface area contributed by atoms with E-state index in [1.54, 1.807) is 0 Å². The Kier molecular flexibility index (Phi) is 4.00. The predicted octanol–water partition coefficient (Wildman–Crippen LogP) is 3.58. The third-order valence-corrected chi connectivity index (χ3v) is 3.54. The number of benzene rings is 2. The maximum atomic E-state index is 12.1. The van der Waals surface area contributed by atoms with Crippen molar-refractivity contribution in [3.05, 3.63) is 59.7 Å². The highest BCUT2D eigenvalue weighted by Crippen LogP contribution is 2.27. The summed E-state index contributed by atoms with van der Waals surface area (Å²) in [7, 11) is 0. The van der Waals surface area contributed by atoms with E-state index in [0.29, 0.717) is 18.1 Å². The van der Waals surface area contributed by atoms with Gasteiger partial charge in [-0.15, -0.1) is 0 Å². The van der Waals surface area contributed by atoms with Gasteiger partial charge in [-0.05, 0) is 35.7 Å². The van der Waals surface area contributed by atoms with Gasteiger partial charge >= 0.3 is 0 Å². The molecule has 2 aromatic carbocycles. The molecule has 0 bridgehead atoms. The Labute approximate surface area is 130 Å². The van der Waals surface area contributed by atoms with Crippen LogP contribution in [0.2, 0.25) is 0 Å². The van der Waals surface area contributed by atoms with Crippen molar-refractivity contribution in [1.82, 2.24) is 5.32 Å². The van der Waals surface area contributed by atoms with Crippen LogP contribution in [0.1, 0.15) is 35.9 Å². The maximum absolute atomic E-state index is 12.1. The van der Waals surface area contributed by atoms with Gasteiger partial charge in [0.2, 0.25) is 0 Å². The van der Waals surface area contributed by atoms with Crippen LogP contribution in [0.4, 0.5) is 5.69 Å². The molecule has 22 heavy (non-hydrogen) atoms. The molecular weight excluding hydrogens is 276 g/mol. The van der Waals surface area contributed by atoms with Crippen LogP contribution in [-0.4, -0.2) is 12.5 Å². The van der Waals surface area contributed by atoms with E-state index in [1.165, 1.54) is 0 Å². The van der Waals surface area contributed by atoms with E-state index in [0.717, 1.165) is 17.0 Å². The Balaban J connectivity index is 1.74. The highest BCUT2D eigenvalue weighted by Gasteiger charge is 2.23. The van der Waals surface area contributed by atoms with Crippen LogP contribution in [0.15, 0.2) is 48.5 Å². The molecule has 2 aromatic rings. The fourth-order valence-corrected chi connectivity index (χ4v) is 2.39. The Morgan fingerprint density at radius 1 is 1.05 bits per heavy atom. The van der Waals surface area contributed by atoms with Gasteiger partial charge in [-0.1, -0.05) is 38.1 Å². The maximum Gasteiger partial charge on any atom is 0.255 e. The molecule has 4 heteroatoms. The lowest BCUT2D eigenvalue weighted by Gasteiger charge is -2.28. The zero-order valence-electron chi connectivity index (χ0n) is 12.8. The number of anilines is 1. The molecule has 1 atom stereocenters. The molecule has 0 saturated carbocycles. The van der Waals surface area contributed by atoms with Gasteiger partial charge in [0.15, 0.2) is 0 Å². The number of hydrogen-bond acceptors (Lipinski definition) is 3. The van der Waals surface area contributed by atoms with Crippen LogP contribution in [0, 0.1) is 5.92 Å². The fraction of sp³-hybridized carbons (Fsp3) is 0.278. The first-order valence-electron chi connectivity index (χ1n) is 7.52. The molecule has 1 heterocycles. The van der Waals surface area contributed by atoms with Crippen molar-refractivity contribution >= 4 is 11.6 Å². The highest BCUT2D eigenvalue weighted by molar-refractivity contribution is 6.01. The molecule has 0 spiro atoms. The lowest BCUT2D eigenvalue weighted by atomic mass is 10.1. The zero-order chi connectivity index (χ0) is 15.5. The SMILES string of the molecule is CC(C)COc1ccc(C2NC(=O)c3ccccc3N2)cc1. The van der Waals surface area contributed by atoms with Crippen molar-refractivity contribution in [2.45, 2.75) is 20.0 Å². The van der Waals surface area contributed by atoms with Gasteiger partial charge in [-0.3, -0.25) is 4.79 Å². The molecule has 0 saturated heterocycles. The van der Waals surface area contributed by atoms with Crippen molar-refractivity contribution < 1.29 is 9.53 Å². The molecule has 1 aliphatic rings. The van der Waals surface area contributed by atoms with E-state index in [9.17, 15) is 4.79 Å². The van der Waals surface area contributed by atoms with Crippen LogP contribution >= 0.6 is 0 Å². The van der Waals surface area contributed by atoms with E-state index >= 15 is 0 Å². The fourth-order valence-electron chi connectivity index (χ4n) is 2.39. The zero-order valence-corrected chi connectivity index (χ0v) is 12.8. The second kappa shape index (κ2) is 6.10. The number of para-hydroxylation sites is 1. The summed E-state index contributed by atoms with van der Waals surface area (Å²) in [6, 6.07) is 15.3. The molecule has 1 aliphatic heterocycles. The summed E-state index contributed by atoms with van der Waals surface area (Å²) in [6.07, 6.45) is -0.221. The van der Waals surface area contributed by atoms with Gasteiger partial charge in [0.05, 0.1) is 12.2 Å². The van der Waals surface area contributed by atoms with E-state index in [4.69, 9.17) is 4.74 Å². The number of fused-ring (bicyclic) bond motifs is 1. The van der Waals surface area contributed by atoms with E-state index in [1.807, 2.05) is 48.5 Å². The van der Waals surface area contributed by atoms with E-state index in [2.05, 4.69) is 24.5 Å². The Morgan fingerprint density at radius 3 is 2.50 bits per heavy atom. The number of carbonyl (C=O) groups excluding carboxylic acids is 1. The van der Waals surface area contributed by atoms with Gasteiger partial charge in [0.1, 0.15) is 11.9 Å². The van der Waals surface area contributed by atoms with Gasteiger partial charge in [-0.2, -0.15) is 0 Å². The van der Waals surface area contributed by atoms with Gasteiger partial charge < -0.3 is 15.4 Å². The monoisotopic (exact) mass is 296 g/mol. The van der Waals surface area contributed by atoms with Crippen LogP contribution in [0.25, 0.3) is 0 Å². The van der Waals surface area contributed by atoms with Crippen LogP contribution < -0.4 is 15.4 Å². The van der Waals surface area contributed by atoms with Crippen LogP contribution in [-0.2, 0) is 0 Å². The summed E-state index contributed by atoms with van der Waals surface area (Å²) in [4.78, 5) is 12.1. The minimum atomic E-state index is -0.221. The van der Waals surface area contributed by atoms with Crippen molar-refractivity contribution in [1.29, 1.82) is 0 Å². The first-order chi connectivity index (χ1) is 10.6. The molecule has 3 rings (SSSR count). The summed E-state index contributed by atoms with van der Waals surface area (Å²) < 4.78 is 5.68. The topological polar surface area (TPSA) is 50.4 Å². The highest BCUT2D eigenvalue weighted by atomic mass is 16.5. The summed E-state index contributed by atoms with van der Waals surface area (Å²) >= 11 is 0. The second-order valence-electron chi connectivity index (χ2n) is 5.87. The van der Waals surface area contributed by atoms with Gasteiger partial charge in [0, 0.05) is 5.69 Å². The molecule has 0 fully saturated rings. The average molecular weight is 296 g/mol. The Bertz CT molecular complexity index is 665. The average Bonchev–Trinajstić information content (AvgIpc) is 2.53. The third kappa shape index (κ3) is 3.06. The van der Waals surface area contributed by atoms with Crippen LogP contribution in [0.3, 0.4) is 0 Å². The van der Waals surface area contributed by atoms with E-state index < -0.39 is 0 Å². The molecule has 0 aliphatic carbocycles. The minimum absolute atomic E-state index is 0.0560. The molecule has 0 aromatic heterocycles. The number of ether oxygens (including phenoxy) is 1.